The quantitative estimate of drug-likeness (QED) is 0.836. The van der Waals surface area contributed by atoms with Gasteiger partial charge in [0.05, 0.1) is 11.2 Å². The van der Waals surface area contributed by atoms with Gasteiger partial charge in [-0.05, 0) is 37.0 Å². The van der Waals surface area contributed by atoms with Crippen LogP contribution in [-0.2, 0) is 11.8 Å². The number of carbonyl (C=O) groups is 2. The number of aliphatic carboxylic acids is 1. The van der Waals surface area contributed by atoms with Crippen LogP contribution in [0, 0.1) is 0 Å². The molecule has 0 saturated heterocycles. The molecule has 1 aromatic heterocycles. The van der Waals surface area contributed by atoms with Crippen LogP contribution < -0.4 is 10.1 Å². The van der Waals surface area contributed by atoms with Gasteiger partial charge in [-0.2, -0.15) is 5.10 Å². The number of nitrogens with one attached hydrogen (secondary N) is 1. The van der Waals surface area contributed by atoms with E-state index >= 15 is 0 Å². The average Bonchev–Trinajstić information content (AvgIpc) is 3.28. The Bertz CT molecular complexity index is 799. The van der Waals surface area contributed by atoms with Gasteiger partial charge in [0.15, 0.2) is 6.61 Å². The summed E-state index contributed by atoms with van der Waals surface area (Å²) in [5, 5.41) is 15.8. The Hall–Kier alpha value is -2.54. The van der Waals surface area contributed by atoms with Crippen molar-refractivity contribution in [2.24, 2.45) is 7.05 Å². The van der Waals surface area contributed by atoms with E-state index in [0.717, 1.165) is 18.4 Å². The topological polar surface area (TPSA) is 93.5 Å². The molecule has 8 heteroatoms. The van der Waals surface area contributed by atoms with Crippen LogP contribution in [0.25, 0.3) is 0 Å². The number of aryl methyl sites for hydroxylation is 1. The van der Waals surface area contributed by atoms with Crippen molar-refractivity contribution in [3.05, 3.63) is 40.7 Å². The van der Waals surface area contributed by atoms with Crippen molar-refractivity contribution in [1.29, 1.82) is 0 Å². The first-order chi connectivity index (χ1) is 11.5. The third kappa shape index (κ3) is 3.51. The zero-order valence-electron chi connectivity index (χ0n) is 13.0. The Labute approximate surface area is 143 Å². The van der Waals surface area contributed by atoms with Crippen molar-refractivity contribution >= 4 is 29.2 Å². The van der Waals surface area contributed by atoms with E-state index in [0.29, 0.717) is 17.3 Å². The second kappa shape index (κ2) is 6.52. The van der Waals surface area contributed by atoms with E-state index < -0.39 is 12.6 Å². The first kappa shape index (κ1) is 16.3. The van der Waals surface area contributed by atoms with Gasteiger partial charge in [0.2, 0.25) is 0 Å². The minimum atomic E-state index is -1.09. The first-order valence-corrected chi connectivity index (χ1v) is 7.81. The zero-order chi connectivity index (χ0) is 17.3. The zero-order valence-corrected chi connectivity index (χ0v) is 13.7. The van der Waals surface area contributed by atoms with Crippen molar-refractivity contribution in [2.75, 3.05) is 11.9 Å². The van der Waals surface area contributed by atoms with Crippen LogP contribution in [0.3, 0.4) is 0 Å². The Morgan fingerprint density at radius 1 is 1.46 bits per heavy atom. The Kier molecular flexibility index (Phi) is 4.44. The summed E-state index contributed by atoms with van der Waals surface area (Å²) in [7, 11) is 1.73. The molecule has 1 aromatic carbocycles. The van der Waals surface area contributed by atoms with E-state index in [4.69, 9.17) is 21.4 Å². The second-order valence-corrected chi connectivity index (χ2v) is 6.04. The number of anilines is 1. The summed E-state index contributed by atoms with van der Waals surface area (Å²) in [6, 6.07) is 4.64. The number of aromatic nitrogens is 2. The van der Waals surface area contributed by atoms with E-state index in [2.05, 4.69) is 10.4 Å². The third-order valence-corrected chi connectivity index (χ3v) is 4.04. The number of hydrogen-bond acceptors (Lipinski definition) is 4. The van der Waals surface area contributed by atoms with E-state index in [1.807, 2.05) is 0 Å². The van der Waals surface area contributed by atoms with Crippen molar-refractivity contribution < 1.29 is 19.4 Å². The average molecular weight is 350 g/mol. The number of ether oxygens (including phenoxy) is 1. The molecular weight excluding hydrogens is 334 g/mol. The summed E-state index contributed by atoms with van der Waals surface area (Å²) in [6.07, 6.45) is 3.89. The lowest BCUT2D eigenvalue weighted by Gasteiger charge is -2.10. The monoisotopic (exact) mass is 349 g/mol. The van der Waals surface area contributed by atoms with Crippen molar-refractivity contribution in [1.82, 2.24) is 9.78 Å². The van der Waals surface area contributed by atoms with Crippen LogP contribution >= 0.6 is 11.6 Å². The van der Waals surface area contributed by atoms with Crippen LogP contribution in [-0.4, -0.2) is 33.4 Å². The number of halogens is 1. The maximum Gasteiger partial charge on any atom is 0.341 e. The lowest BCUT2D eigenvalue weighted by Crippen LogP contribution is -2.18. The number of benzene rings is 1. The number of nitrogens with zero attached hydrogens (tertiary/aromatic N) is 2. The summed E-state index contributed by atoms with van der Waals surface area (Å²) >= 11 is 6.06. The summed E-state index contributed by atoms with van der Waals surface area (Å²) in [5.41, 5.74) is 2.00. The maximum absolute atomic E-state index is 12.5. The molecule has 3 rings (SSSR count). The fraction of sp³-hybridized carbons (Fsp3) is 0.312. The molecule has 0 radical (unpaired) electrons. The lowest BCUT2D eigenvalue weighted by atomic mass is 10.1. The number of carbonyl (C=O) groups excluding carboxylic acids is 1. The third-order valence-electron chi connectivity index (χ3n) is 3.74. The van der Waals surface area contributed by atoms with Gasteiger partial charge in [-0.25, -0.2) is 4.79 Å². The van der Waals surface area contributed by atoms with Crippen LogP contribution in [0.5, 0.6) is 5.75 Å². The lowest BCUT2D eigenvalue weighted by molar-refractivity contribution is -0.139. The molecule has 1 fully saturated rings. The molecule has 1 heterocycles. The van der Waals surface area contributed by atoms with Gasteiger partial charge in [0.25, 0.3) is 5.91 Å². The van der Waals surface area contributed by atoms with Gasteiger partial charge in [0, 0.05) is 18.3 Å². The van der Waals surface area contributed by atoms with Crippen LogP contribution in [0.2, 0.25) is 5.02 Å². The van der Waals surface area contributed by atoms with E-state index in [1.54, 1.807) is 24.0 Å². The molecule has 2 N–H and O–H groups in total. The summed E-state index contributed by atoms with van der Waals surface area (Å²) in [6.45, 7) is -0.481. The molecule has 7 nitrogen and oxygen atoms in total. The predicted octanol–water partition coefficient (Wildman–Crippen LogP) is 2.67. The van der Waals surface area contributed by atoms with E-state index in [-0.39, 0.29) is 16.7 Å². The van der Waals surface area contributed by atoms with Crippen LogP contribution in [0.4, 0.5) is 5.69 Å². The molecule has 0 spiro atoms. The molecule has 1 aliphatic rings. The minimum Gasteiger partial charge on any atom is -0.480 e. The first-order valence-electron chi connectivity index (χ1n) is 7.43. The molecule has 0 atom stereocenters. The Morgan fingerprint density at radius 3 is 2.83 bits per heavy atom. The summed E-state index contributed by atoms with van der Waals surface area (Å²) in [5.74, 6) is -0.689. The van der Waals surface area contributed by atoms with Crippen LogP contribution in [0.15, 0.2) is 24.4 Å². The van der Waals surface area contributed by atoms with E-state index in [1.165, 1.54) is 12.1 Å². The highest BCUT2D eigenvalue weighted by Crippen LogP contribution is 2.41. The molecule has 126 valence electrons. The van der Waals surface area contributed by atoms with Gasteiger partial charge in [0.1, 0.15) is 11.4 Å². The highest BCUT2D eigenvalue weighted by Gasteiger charge is 2.30. The number of carboxylic acids is 1. The molecule has 1 saturated carbocycles. The maximum atomic E-state index is 12.5. The summed E-state index contributed by atoms with van der Waals surface area (Å²) in [4.78, 5) is 23.1. The number of amides is 1. The molecule has 2 aromatic rings. The van der Waals surface area contributed by atoms with Crippen molar-refractivity contribution in [2.45, 2.75) is 18.8 Å². The SMILES string of the molecule is Cn1ncc(C2CC2)c1C(=O)Nc1ccc(OCC(=O)O)c(Cl)c1. The van der Waals surface area contributed by atoms with E-state index in [9.17, 15) is 9.59 Å². The normalized spacial score (nSPS) is 13.6. The molecule has 0 unspecified atom stereocenters. The van der Waals surface area contributed by atoms with Crippen molar-refractivity contribution in [3.63, 3.8) is 0 Å². The van der Waals surface area contributed by atoms with Gasteiger partial charge in [-0.3, -0.25) is 9.48 Å². The largest absolute Gasteiger partial charge is 0.480 e. The standard InChI is InChI=1S/C16H16ClN3O4/c1-20-15(11(7-18-20)9-2-3-9)16(23)19-10-4-5-13(12(17)6-10)24-8-14(21)22/h4-7,9H,2-3,8H2,1H3,(H,19,23)(H,21,22). The molecular formula is C16H16ClN3O4. The molecule has 1 amide bonds. The number of carboxylic acid groups (broad SMARTS) is 1. The predicted molar refractivity (Wildman–Crippen MR) is 87.7 cm³/mol. The fourth-order valence-corrected chi connectivity index (χ4v) is 2.69. The number of rotatable bonds is 6. The molecule has 0 bridgehead atoms. The van der Waals surface area contributed by atoms with Crippen LogP contribution in [0.1, 0.15) is 34.8 Å². The molecule has 1 aliphatic carbocycles. The van der Waals surface area contributed by atoms with Gasteiger partial charge >= 0.3 is 5.97 Å². The number of hydrogen-bond donors (Lipinski definition) is 2. The Morgan fingerprint density at radius 2 is 2.21 bits per heavy atom. The highest BCUT2D eigenvalue weighted by atomic mass is 35.5. The highest BCUT2D eigenvalue weighted by molar-refractivity contribution is 6.32. The Balaban J connectivity index is 1.74. The fourth-order valence-electron chi connectivity index (χ4n) is 2.45. The van der Waals surface area contributed by atoms with Gasteiger partial charge < -0.3 is 15.2 Å². The minimum absolute atomic E-state index is 0.224. The molecule has 24 heavy (non-hydrogen) atoms. The van der Waals surface area contributed by atoms with Crippen molar-refractivity contribution in [3.8, 4) is 5.75 Å². The molecule has 0 aliphatic heterocycles. The van der Waals surface area contributed by atoms with Gasteiger partial charge in [-0.1, -0.05) is 11.6 Å². The summed E-state index contributed by atoms with van der Waals surface area (Å²) < 4.78 is 6.61. The smallest absolute Gasteiger partial charge is 0.341 e. The second-order valence-electron chi connectivity index (χ2n) is 5.63. The van der Waals surface area contributed by atoms with Gasteiger partial charge in [-0.15, -0.1) is 0 Å².